The molecule has 6 rings (SSSR count). The van der Waals surface area contributed by atoms with E-state index >= 15 is 0 Å². The van der Waals surface area contributed by atoms with Crippen LogP contribution in [-0.2, 0) is 12.5 Å². The number of rotatable bonds is 4. The van der Waals surface area contributed by atoms with Crippen LogP contribution in [0.4, 0.5) is 0 Å². The van der Waals surface area contributed by atoms with Gasteiger partial charge in [-0.1, -0.05) is 18.2 Å². The van der Waals surface area contributed by atoms with Gasteiger partial charge in [-0.3, -0.25) is 4.68 Å². The molecule has 0 aliphatic heterocycles. The number of fused-ring (bicyclic) bond motifs is 1. The van der Waals surface area contributed by atoms with Crippen molar-refractivity contribution in [3.8, 4) is 22.6 Å². The van der Waals surface area contributed by atoms with E-state index in [0.717, 1.165) is 52.5 Å². The van der Waals surface area contributed by atoms with Gasteiger partial charge in [-0.2, -0.15) is 14.7 Å². The van der Waals surface area contributed by atoms with Gasteiger partial charge in [0.2, 0.25) is 0 Å². The molecule has 4 aromatic heterocycles. The van der Waals surface area contributed by atoms with Gasteiger partial charge in [0.1, 0.15) is 0 Å². The summed E-state index contributed by atoms with van der Waals surface area (Å²) in [5, 5.41) is 18.1. The number of hydrogen-bond acceptors (Lipinski definition) is 6. The van der Waals surface area contributed by atoms with E-state index in [9.17, 15) is 0 Å². The van der Waals surface area contributed by atoms with E-state index in [1.807, 2.05) is 61.5 Å². The molecule has 0 saturated heterocycles. The molecule has 1 aliphatic carbocycles. The second kappa shape index (κ2) is 6.53. The molecule has 0 bridgehead atoms. The molecular weight excluding hydrogens is 388 g/mol. The number of aryl methyl sites for hydroxylation is 2. The molecule has 0 radical (unpaired) electrons. The van der Waals surface area contributed by atoms with E-state index < -0.39 is 0 Å². The molecule has 152 valence electrons. The van der Waals surface area contributed by atoms with E-state index in [1.54, 1.807) is 4.68 Å². The SMILES string of the molecule is Cc1cnc(-c2cccc(C3(c4nnc5ccc(-c6cnn(C)c6)nn45)CC3)c2)nc1. The van der Waals surface area contributed by atoms with E-state index in [2.05, 4.69) is 43.5 Å². The zero-order chi connectivity index (χ0) is 21.0. The van der Waals surface area contributed by atoms with E-state index in [0.29, 0.717) is 0 Å². The Morgan fingerprint density at radius 2 is 1.77 bits per heavy atom. The third-order valence-electron chi connectivity index (χ3n) is 5.90. The van der Waals surface area contributed by atoms with Gasteiger partial charge in [-0.25, -0.2) is 9.97 Å². The van der Waals surface area contributed by atoms with Crippen molar-refractivity contribution < 1.29 is 0 Å². The fraction of sp³-hybridized carbons (Fsp3) is 0.217. The molecule has 0 amide bonds. The Hall–Kier alpha value is -3.94. The first-order valence-electron chi connectivity index (χ1n) is 10.2. The largest absolute Gasteiger partial charge is 0.275 e. The fourth-order valence-electron chi connectivity index (χ4n) is 4.06. The van der Waals surface area contributed by atoms with Gasteiger partial charge in [0.25, 0.3) is 0 Å². The topological polar surface area (TPSA) is 86.7 Å². The van der Waals surface area contributed by atoms with Crippen LogP contribution < -0.4 is 0 Å². The lowest BCUT2D eigenvalue weighted by molar-refractivity contribution is 0.705. The first-order valence-corrected chi connectivity index (χ1v) is 10.2. The summed E-state index contributed by atoms with van der Waals surface area (Å²) in [4.78, 5) is 8.97. The Morgan fingerprint density at radius 1 is 0.935 bits per heavy atom. The zero-order valence-corrected chi connectivity index (χ0v) is 17.3. The highest BCUT2D eigenvalue weighted by molar-refractivity contribution is 5.60. The van der Waals surface area contributed by atoms with Crippen molar-refractivity contribution >= 4 is 5.65 Å². The van der Waals surface area contributed by atoms with Crippen LogP contribution in [0.2, 0.25) is 0 Å². The highest BCUT2D eigenvalue weighted by atomic mass is 15.4. The molecule has 0 atom stereocenters. The standard InChI is InChI=1S/C23H20N8/c1-15-11-24-21(25-12-15)16-4-3-5-18(10-16)23(8-9-23)22-28-27-20-7-6-19(29-31(20)22)17-13-26-30(2)14-17/h3-7,10-14H,8-9H2,1-2H3. The van der Waals surface area contributed by atoms with Crippen molar-refractivity contribution in [1.82, 2.24) is 39.6 Å². The van der Waals surface area contributed by atoms with Crippen LogP contribution in [0.3, 0.4) is 0 Å². The summed E-state index contributed by atoms with van der Waals surface area (Å²) in [6.45, 7) is 1.99. The van der Waals surface area contributed by atoms with Crippen LogP contribution in [0, 0.1) is 6.92 Å². The lowest BCUT2D eigenvalue weighted by Gasteiger charge is -2.15. The molecule has 31 heavy (non-hydrogen) atoms. The summed E-state index contributed by atoms with van der Waals surface area (Å²) in [6.07, 6.45) is 9.47. The van der Waals surface area contributed by atoms with Crippen molar-refractivity contribution in [2.45, 2.75) is 25.2 Å². The number of hydrogen-bond donors (Lipinski definition) is 0. The molecule has 1 fully saturated rings. The maximum atomic E-state index is 4.85. The molecule has 0 unspecified atom stereocenters. The van der Waals surface area contributed by atoms with Crippen LogP contribution >= 0.6 is 0 Å². The Morgan fingerprint density at radius 3 is 2.52 bits per heavy atom. The minimum Gasteiger partial charge on any atom is -0.275 e. The van der Waals surface area contributed by atoms with E-state index in [-0.39, 0.29) is 5.41 Å². The lowest BCUT2D eigenvalue weighted by Crippen LogP contribution is -2.15. The van der Waals surface area contributed by atoms with Crippen molar-refractivity contribution in [1.29, 1.82) is 0 Å². The smallest absolute Gasteiger partial charge is 0.177 e. The van der Waals surface area contributed by atoms with Crippen LogP contribution in [0.5, 0.6) is 0 Å². The number of benzene rings is 1. The highest BCUT2D eigenvalue weighted by Gasteiger charge is 2.50. The maximum absolute atomic E-state index is 4.85. The van der Waals surface area contributed by atoms with Gasteiger partial charge in [-0.05, 0) is 49.1 Å². The Bertz CT molecular complexity index is 1410. The summed E-state index contributed by atoms with van der Waals surface area (Å²) in [5.74, 6) is 1.60. The van der Waals surface area contributed by atoms with Gasteiger partial charge in [0, 0.05) is 36.8 Å². The third kappa shape index (κ3) is 2.91. The number of aromatic nitrogens is 8. The molecule has 1 aliphatic rings. The van der Waals surface area contributed by atoms with Gasteiger partial charge < -0.3 is 0 Å². The fourth-order valence-corrected chi connectivity index (χ4v) is 4.06. The van der Waals surface area contributed by atoms with E-state index in [4.69, 9.17) is 5.10 Å². The summed E-state index contributed by atoms with van der Waals surface area (Å²) in [7, 11) is 1.90. The molecular formula is C23H20N8. The molecule has 4 heterocycles. The van der Waals surface area contributed by atoms with Gasteiger partial charge >= 0.3 is 0 Å². The van der Waals surface area contributed by atoms with Crippen molar-refractivity contribution in [3.63, 3.8) is 0 Å². The van der Waals surface area contributed by atoms with Crippen LogP contribution in [0.15, 0.2) is 61.2 Å². The molecule has 5 aromatic rings. The predicted molar refractivity (Wildman–Crippen MR) is 115 cm³/mol. The molecule has 0 N–H and O–H groups in total. The van der Waals surface area contributed by atoms with Crippen LogP contribution in [0.25, 0.3) is 28.3 Å². The van der Waals surface area contributed by atoms with Crippen molar-refractivity contribution in [2.24, 2.45) is 7.05 Å². The highest BCUT2D eigenvalue weighted by Crippen LogP contribution is 2.53. The average molecular weight is 408 g/mol. The molecule has 0 spiro atoms. The Kier molecular flexibility index (Phi) is 3.77. The van der Waals surface area contributed by atoms with Gasteiger partial charge in [-0.15, -0.1) is 10.2 Å². The normalized spacial score (nSPS) is 14.8. The third-order valence-corrected chi connectivity index (χ3v) is 5.90. The average Bonchev–Trinajstić information content (AvgIpc) is 3.30. The van der Waals surface area contributed by atoms with Gasteiger partial charge in [0.15, 0.2) is 17.3 Å². The maximum Gasteiger partial charge on any atom is 0.177 e. The number of nitrogens with zero attached hydrogens (tertiary/aromatic N) is 8. The van der Waals surface area contributed by atoms with Crippen LogP contribution in [-0.4, -0.2) is 39.6 Å². The quantitative estimate of drug-likeness (QED) is 0.453. The lowest BCUT2D eigenvalue weighted by atomic mass is 9.93. The molecule has 1 aromatic carbocycles. The molecule has 1 saturated carbocycles. The first-order chi connectivity index (χ1) is 15.1. The second-order valence-electron chi connectivity index (χ2n) is 8.16. The first kappa shape index (κ1) is 17.9. The molecule has 8 heteroatoms. The van der Waals surface area contributed by atoms with Crippen molar-refractivity contribution in [2.75, 3.05) is 0 Å². The minimum atomic E-state index is -0.194. The summed E-state index contributed by atoms with van der Waals surface area (Å²) in [6, 6.07) is 12.3. The Balaban J connectivity index is 1.44. The zero-order valence-electron chi connectivity index (χ0n) is 17.3. The summed E-state index contributed by atoms with van der Waals surface area (Å²) < 4.78 is 3.65. The van der Waals surface area contributed by atoms with Gasteiger partial charge in [0.05, 0.1) is 17.3 Å². The second-order valence-corrected chi connectivity index (χ2v) is 8.16. The monoisotopic (exact) mass is 408 g/mol. The minimum absolute atomic E-state index is 0.194. The summed E-state index contributed by atoms with van der Waals surface area (Å²) >= 11 is 0. The summed E-state index contributed by atoms with van der Waals surface area (Å²) in [5.41, 5.74) is 5.60. The predicted octanol–water partition coefficient (Wildman–Crippen LogP) is 3.37. The van der Waals surface area contributed by atoms with Crippen LogP contribution in [0.1, 0.15) is 29.8 Å². The van der Waals surface area contributed by atoms with E-state index in [1.165, 1.54) is 5.56 Å². The van der Waals surface area contributed by atoms with Crippen molar-refractivity contribution in [3.05, 3.63) is 78.1 Å². The molecule has 8 nitrogen and oxygen atoms in total. The Labute approximate surface area is 178 Å².